The molecule has 1 aromatic rings. The fraction of sp³-hybridized carbons (Fsp3) is 0.444. The summed E-state index contributed by atoms with van der Waals surface area (Å²) < 4.78 is 1.38. The van der Waals surface area contributed by atoms with Crippen LogP contribution in [0.5, 0.6) is 0 Å². The van der Waals surface area contributed by atoms with Gasteiger partial charge in [-0.15, -0.1) is 17.4 Å². The molecular weight excluding hydrogens is 194 g/mol. The maximum atomic E-state index is 11.3. The van der Waals surface area contributed by atoms with Crippen molar-refractivity contribution in [2.24, 2.45) is 0 Å². The molecule has 0 aliphatic rings. The van der Waals surface area contributed by atoms with Crippen LogP contribution in [-0.4, -0.2) is 27.2 Å². The highest BCUT2D eigenvalue weighted by Gasteiger charge is 2.03. The van der Waals surface area contributed by atoms with Gasteiger partial charge in [0.2, 0.25) is 11.9 Å². The number of nitrogens with zero attached hydrogens (tertiary/aromatic N) is 3. The fourth-order valence-electron chi connectivity index (χ4n) is 1.01. The van der Waals surface area contributed by atoms with E-state index in [1.807, 2.05) is 0 Å². The summed E-state index contributed by atoms with van der Waals surface area (Å²) in [6.07, 6.45) is 7.93. The van der Waals surface area contributed by atoms with Crippen molar-refractivity contribution in [3.8, 4) is 12.3 Å². The monoisotopic (exact) mass is 207 g/mol. The van der Waals surface area contributed by atoms with E-state index in [1.54, 1.807) is 0 Å². The molecule has 0 bridgehead atoms. The number of amides is 1. The number of aromatic nitrogens is 3. The Balaban J connectivity index is 2.22. The standard InChI is InChI=1S/C9H13N5O/c1-2-3-4-5-11-8(15)6-14-7-12-9(10)13-14/h1,7H,3-6H2,(H2,10,13)(H,11,15). The predicted octanol–water partition coefficient (Wildman–Crippen LogP) is -0.610. The van der Waals surface area contributed by atoms with Crippen LogP contribution >= 0.6 is 0 Å². The molecule has 0 radical (unpaired) electrons. The Kier molecular flexibility index (Phi) is 4.16. The van der Waals surface area contributed by atoms with Gasteiger partial charge in [0.15, 0.2) is 0 Å². The molecule has 0 atom stereocenters. The molecule has 0 aromatic carbocycles. The molecule has 3 N–H and O–H groups in total. The van der Waals surface area contributed by atoms with Crippen molar-refractivity contribution in [2.75, 3.05) is 12.3 Å². The van der Waals surface area contributed by atoms with Crippen molar-refractivity contribution >= 4 is 11.9 Å². The summed E-state index contributed by atoms with van der Waals surface area (Å²) in [6, 6.07) is 0. The number of anilines is 1. The lowest BCUT2D eigenvalue weighted by atomic mass is 10.3. The average Bonchev–Trinajstić information content (AvgIpc) is 2.59. The van der Waals surface area contributed by atoms with Gasteiger partial charge in [-0.1, -0.05) is 0 Å². The van der Waals surface area contributed by atoms with Crippen LogP contribution < -0.4 is 11.1 Å². The minimum atomic E-state index is -0.128. The summed E-state index contributed by atoms with van der Waals surface area (Å²) in [7, 11) is 0. The van der Waals surface area contributed by atoms with Crippen LogP contribution in [0.3, 0.4) is 0 Å². The first kappa shape index (κ1) is 11.0. The number of rotatable bonds is 5. The fourth-order valence-corrected chi connectivity index (χ4v) is 1.01. The molecule has 0 aliphatic carbocycles. The summed E-state index contributed by atoms with van der Waals surface area (Å²) in [6.45, 7) is 0.702. The Labute approximate surface area is 87.9 Å². The number of nitrogens with one attached hydrogen (secondary N) is 1. The second kappa shape index (κ2) is 5.65. The van der Waals surface area contributed by atoms with Gasteiger partial charge in [0.1, 0.15) is 12.9 Å². The predicted molar refractivity (Wildman–Crippen MR) is 55.5 cm³/mol. The van der Waals surface area contributed by atoms with Crippen molar-refractivity contribution < 1.29 is 4.79 Å². The lowest BCUT2D eigenvalue weighted by Gasteiger charge is -2.02. The number of unbranched alkanes of at least 4 members (excludes halogenated alkanes) is 1. The first-order chi connectivity index (χ1) is 7.22. The Bertz CT molecular complexity index is 365. The van der Waals surface area contributed by atoms with Gasteiger partial charge >= 0.3 is 0 Å². The molecular formula is C9H13N5O. The highest BCUT2D eigenvalue weighted by molar-refractivity contribution is 5.75. The van der Waals surface area contributed by atoms with E-state index in [0.717, 1.165) is 6.42 Å². The largest absolute Gasteiger partial charge is 0.367 e. The van der Waals surface area contributed by atoms with E-state index in [2.05, 4.69) is 21.3 Å². The van der Waals surface area contributed by atoms with Gasteiger partial charge < -0.3 is 11.1 Å². The van der Waals surface area contributed by atoms with E-state index >= 15 is 0 Å². The molecule has 1 aromatic heterocycles. The third-order valence-corrected chi connectivity index (χ3v) is 1.68. The van der Waals surface area contributed by atoms with Gasteiger partial charge in [0.05, 0.1) is 0 Å². The van der Waals surface area contributed by atoms with Crippen LogP contribution in [0.2, 0.25) is 0 Å². The van der Waals surface area contributed by atoms with Crippen molar-refractivity contribution in [1.82, 2.24) is 20.1 Å². The normalized spacial score (nSPS) is 9.53. The molecule has 0 fully saturated rings. The lowest BCUT2D eigenvalue weighted by Crippen LogP contribution is -2.28. The average molecular weight is 207 g/mol. The Morgan fingerprint density at radius 1 is 1.73 bits per heavy atom. The molecule has 0 unspecified atom stereocenters. The molecule has 0 spiro atoms. The number of nitrogens with two attached hydrogens (primary N) is 1. The first-order valence-corrected chi connectivity index (χ1v) is 4.57. The molecule has 1 amide bonds. The van der Waals surface area contributed by atoms with Crippen molar-refractivity contribution in [1.29, 1.82) is 0 Å². The van der Waals surface area contributed by atoms with Crippen LogP contribution in [0.25, 0.3) is 0 Å². The summed E-state index contributed by atoms with van der Waals surface area (Å²) in [5, 5.41) is 6.50. The molecule has 1 rings (SSSR count). The Hall–Kier alpha value is -2.03. The van der Waals surface area contributed by atoms with Crippen LogP contribution in [0.15, 0.2) is 6.33 Å². The molecule has 6 nitrogen and oxygen atoms in total. The van der Waals surface area contributed by atoms with Crippen LogP contribution in [0, 0.1) is 12.3 Å². The third-order valence-electron chi connectivity index (χ3n) is 1.68. The number of hydrogen-bond donors (Lipinski definition) is 2. The van der Waals surface area contributed by atoms with Crippen molar-refractivity contribution in [3.05, 3.63) is 6.33 Å². The molecule has 1 heterocycles. The van der Waals surface area contributed by atoms with Gasteiger partial charge in [-0.2, -0.15) is 0 Å². The number of hydrogen-bond acceptors (Lipinski definition) is 4. The molecule has 80 valence electrons. The van der Waals surface area contributed by atoms with E-state index in [-0.39, 0.29) is 18.4 Å². The van der Waals surface area contributed by atoms with Gasteiger partial charge in [-0.25, -0.2) is 9.67 Å². The van der Waals surface area contributed by atoms with E-state index in [4.69, 9.17) is 12.2 Å². The highest BCUT2D eigenvalue weighted by atomic mass is 16.2. The second-order valence-corrected chi connectivity index (χ2v) is 2.96. The maximum Gasteiger partial charge on any atom is 0.241 e. The summed E-state index contributed by atoms with van der Waals surface area (Å²) in [5.74, 6) is 2.53. The number of nitrogen functional groups attached to an aromatic ring is 1. The van der Waals surface area contributed by atoms with Crippen LogP contribution in [0.4, 0.5) is 5.95 Å². The van der Waals surface area contributed by atoms with Gasteiger partial charge in [0.25, 0.3) is 0 Å². The van der Waals surface area contributed by atoms with Crippen molar-refractivity contribution in [2.45, 2.75) is 19.4 Å². The lowest BCUT2D eigenvalue weighted by molar-refractivity contribution is -0.121. The Morgan fingerprint density at radius 2 is 2.53 bits per heavy atom. The number of terminal acetylenes is 1. The smallest absolute Gasteiger partial charge is 0.241 e. The number of carbonyl (C=O) groups excluding carboxylic acids is 1. The molecule has 15 heavy (non-hydrogen) atoms. The molecule has 0 aliphatic heterocycles. The van der Waals surface area contributed by atoms with Crippen molar-refractivity contribution in [3.63, 3.8) is 0 Å². The van der Waals surface area contributed by atoms with Crippen LogP contribution in [0.1, 0.15) is 12.8 Å². The third kappa shape index (κ3) is 4.13. The van der Waals surface area contributed by atoms with Gasteiger partial charge in [-0.05, 0) is 6.42 Å². The minimum absolute atomic E-state index is 0.125. The maximum absolute atomic E-state index is 11.3. The molecule has 0 saturated carbocycles. The van der Waals surface area contributed by atoms with E-state index in [0.29, 0.717) is 13.0 Å². The second-order valence-electron chi connectivity index (χ2n) is 2.96. The summed E-state index contributed by atoms with van der Waals surface area (Å²) in [5.41, 5.74) is 5.30. The summed E-state index contributed by atoms with van der Waals surface area (Å²) >= 11 is 0. The zero-order valence-electron chi connectivity index (χ0n) is 8.31. The Morgan fingerprint density at radius 3 is 3.13 bits per heavy atom. The van der Waals surface area contributed by atoms with E-state index in [9.17, 15) is 4.79 Å². The highest BCUT2D eigenvalue weighted by Crippen LogP contribution is 1.89. The molecule has 0 saturated heterocycles. The van der Waals surface area contributed by atoms with E-state index in [1.165, 1.54) is 11.0 Å². The first-order valence-electron chi connectivity index (χ1n) is 4.57. The zero-order chi connectivity index (χ0) is 11.1. The quantitative estimate of drug-likeness (QED) is 0.498. The topological polar surface area (TPSA) is 85.8 Å². The summed E-state index contributed by atoms with van der Waals surface area (Å²) in [4.78, 5) is 15.0. The number of carbonyl (C=O) groups is 1. The van der Waals surface area contributed by atoms with Gasteiger partial charge in [-0.3, -0.25) is 4.79 Å². The SMILES string of the molecule is C#CCCCNC(=O)Cn1cnc(N)n1. The zero-order valence-corrected chi connectivity index (χ0v) is 8.31. The van der Waals surface area contributed by atoms with Crippen LogP contribution in [-0.2, 0) is 11.3 Å². The minimum Gasteiger partial charge on any atom is -0.367 e. The molecule has 6 heteroatoms. The van der Waals surface area contributed by atoms with E-state index < -0.39 is 0 Å². The van der Waals surface area contributed by atoms with Gasteiger partial charge in [0, 0.05) is 13.0 Å².